The summed E-state index contributed by atoms with van der Waals surface area (Å²) in [5, 5.41) is 18.4. The van der Waals surface area contributed by atoms with Gasteiger partial charge in [-0.2, -0.15) is 13.2 Å². The molecule has 0 radical (unpaired) electrons. The van der Waals surface area contributed by atoms with Crippen LogP contribution >= 0.6 is 0 Å². The normalized spacial score (nSPS) is 13.2. The number of rotatable bonds is 9. The number of urea groups is 1. The lowest BCUT2D eigenvalue weighted by Gasteiger charge is -2.26. The highest BCUT2D eigenvalue weighted by molar-refractivity contribution is 6.05. The van der Waals surface area contributed by atoms with Crippen molar-refractivity contribution >= 4 is 29.0 Å². The van der Waals surface area contributed by atoms with E-state index in [1.807, 2.05) is 38.2 Å². The molecule has 0 fully saturated rings. The number of nitrogens with zero attached hydrogens (tertiary/aromatic N) is 3. The summed E-state index contributed by atoms with van der Waals surface area (Å²) in [4.78, 5) is 31.9. The second kappa shape index (κ2) is 12.2. The fraction of sp³-hybridized carbons (Fsp3) is 0.300. The van der Waals surface area contributed by atoms with Gasteiger partial charge in [0.25, 0.3) is 5.91 Å². The molecule has 2 aromatic heterocycles. The largest absolute Gasteiger partial charge is 0.421 e. The third kappa shape index (κ3) is 6.72. The van der Waals surface area contributed by atoms with Crippen molar-refractivity contribution in [3.05, 3.63) is 83.8 Å². The van der Waals surface area contributed by atoms with E-state index in [4.69, 9.17) is 0 Å². The lowest BCUT2D eigenvalue weighted by Crippen LogP contribution is -2.39. The van der Waals surface area contributed by atoms with Gasteiger partial charge in [0, 0.05) is 41.9 Å². The van der Waals surface area contributed by atoms with Crippen LogP contribution in [0, 0.1) is 6.92 Å². The molecule has 1 atom stereocenters. The number of anilines is 2. The summed E-state index contributed by atoms with van der Waals surface area (Å²) in [6.07, 6.45) is 1.19. The van der Waals surface area contributed by atoms with Crippen LogP contribution in [0.1, 0.15) is 34.8 Å². The number of carbonyl (C=O) groups excluding carboxylic acids is 2. The van der Waals surface area contributed by atoms with Crippen LogP contribution in [0.25, 0.3) is 16.8 Å². The molecule has 9 nitrogen and oxygen atoms in total. The van der Waals surface area contributed by atoms with Crippen molar-refractivity contribution < 1.29 is 27.9 Å². The van der Waals surface area contributed by atoms with E-state index in [9.17, 15) is 27.9 Å². The first kappa shape index (κ1) is 30.5. The zero-order valence-corrected chi connectivity index (χ0v) is 23.7. The fourth-order valence-electron chi connectivity index (χ4n) is 4.42. The van der Waals surface area contributed by atoms with Crippen LogP contribution < -0.4 is 16.0 Å². The molecule has 4 N–H and O–H groups in total. The van der Waals surface area contributed by atoms with Crippen LogP contribution in [0.3, 0.4) is 0 Å². The summed E-state index contributed by atoms with van der Waals surface area (Å²) in [5.74, 6) is -0.521. The number of imidazole rings is 1. The van der Waals surface area contributed by atoms with E-state index in [-0.39, 0.29) is 17.2 Å². The average molecular weight is 583 g/mol. The van der Waals surface area contributed by atoms with Crippen LogP contribution in [-0.2, 0) is 5.60 Å². The Morgan fingerprint density at radius 1 is 1.05 bits per heavy atom. The molecule has 0 saturated heterocycles. The molecule has 4 aromatic rings. The zero-order valence-electron chi connectivity index (χ0n) is 23.7. The molecule has 0 saturated carbocycles. The molecule has 2 heterocycles. The van der Waals surface area contributed by atoms with Crippen molar-refractivity contribution in [1.82, 2.24) is 19.6 Å². The van der Waals surface area contributed by atoms with Crippen LogP contribution in [0.2, 0.25) is 0 Å². The number of fused-ring (bicyclic) bond motifs is 1. The highest BCUT2D eigenvalue weighted by atomic mass is 19.4. The van der Waals surface area contributed by atoms with Crippen LogP contribution in [0.4, 0.5) is 29.3 Å². The van der Waals surface area contributed by atoms with E-state index in [1.165, 1.54) is 12.1 Å². The number of pyridine rings is 1. The van der Waals surface area contributed by atoms with Crippen LogP contribution in [-0.4, -0.2) is 64.7 Å². The van der Waals surface area contributed by atoms with Gasteiger partial charge in [0.15, 0.2) is 11.2 Å². The number of aliphatic hydroxyl groups is 1. The molecule has 0 aliphatic carbocycles. The quantitative estimate of drug-likeness (QED) is 0.198. The Morgan fingerprint density at radius 3 is 2.43 bits per heavy atom. The number of nitrogens with one attached hydrogen (secondary N) is 3. The van der Waals surface area contributed by atoms with Gasteiger partial charge in [-0.05, 0) is 81.9 Å². The number of hydrogen-bond acceptors (Lipinski definition) is 5. The maximum Gasteiger partial charge on any atom is 0.421 e. The Labute approximate surface area is 241 Å². The van der Waals surface area contributed by atoms with Crippen LogP contribution in [0.15, 0.2) is 67.1 Å². The lowest BCUT2D eigenvalue weighted by atomic mass is 9.94. The molecule has 222 valence electrons. The number of carbonyl (C=O) groups is 2. The zero-order chi connectivity index (χ0) is 30.7. The maximum absolute atomic E-state index is 13.2. The fourth-order valence-corrected chi connectivity index (χ4v) is 4.42. The predicted octanol–water partition coefficient (Wildman–Crippen LogP) is 5.41. The number of halogens is 3. The first-order valence-corrected chi connectivity index (χ1v) is 13.2. The maximum atomic E-state index is 13.2. The average Bonchev–Trinajstić information content (AvgIpc) is 3.41. The van der Waals surface area contributed by atoms with Gasteiger partial charge in [0.2, 0.25) is 0 Å². The van der Waals surface area contributed by atoms with Crippen molar-refractivity contribution in [3.8, 4) is 11.1 Å². The molecule has 3 amide bonds. The highest BCUT2D eigenvalue weighted by Crippen LogP contribution is 2.38. The Morgan fingerprint density at radius 2 is 1.76 bits per heavy atom. The second-order valence-corrected chi connectivity index (χ2v) is 10.4. The Hall–Kier alpha value is -4.42. The van der Waals surface area contributed by atoms with Crippen molar-refractivity contribution in [3.63, 3.8) is 0 Å². The number of amides is 3. The molecule has 12 heteroatoms. The summed E-state index contributed by atoms with van der Waals surface area (Å²) >= 11 is 0. The van der Waals surface area contributed by atoms with Gasteiger partial charge < -0.3 is 30.4 Å². The summed E-state index contributed by atoms with van der Waals surface area (Å²) in [6, 6.07) is 11.5. The van der Waals surface area contributed by atoms with Crippen molar-refractivity contribution in [2.45, 2.75) is 32.0 Å². The third-order valence-electron chi connectivity index (χ3n) is 6.96. The molecule has 2 aromatic carbocycles. The smallest absolute Gasteiger partial charge is 0.376 e. The van der Waals surface area contributed by atoms with E-state index < -0.39 is 17.7 Å². The molecule has 1 unspecified atom stereocenters. The molecule has 4 rings (SSSR count). The molecule has 0 spiro atoms. The minimum atomic E-state index is -4.86. The highest BCUT2D eigenvalue weighted by Gasteiger charge is 2.51. The van der Waals surface area contributed by atoms with Crippen molar-refractivity contribution in [1.29, 1.82) is 0 Å². The number of benzene rings is 2. The van der Waals surface area contributed by atoms with Crippen LogP contribution in [0.5, 0.6) is 0 Å². The van der Waals surface area contributed by atoms with Gasteiger partial charge in [-0.1, -0.05) is 24.3 Å². The van der Waals surface area contributed by atoms with E-state index in [0.29, 0.717) is 30.5 Å². The molecular weight excluding hydrogens is 549 g/mol. The number of alkyl halides is 3. The SMILES string of the molecule is Cc1c(NC(=O)c2ccc(C(C)(O)C(F)(F)F)cc2)cccc1-c1cc(NC(=O)NCCCN(C)C)c2nccn2c1. The van der Waals surface area contributed by atoms with E-state index in [1.54, 1.807) is 35.0 Å². The summed E-state index contributed by atoms with van der Waals surface area (Å²) < 4.78 is 41.3. The standard InChI is InChI=1S/C30H33F3N6O3/c1-19-23(21-17-25(26-34-14-16-39(26)18-21)37-28(41)35-13-6-15-38(3)4)7-5-8-24(19)36-27(40)20-9-11-22(12-10-20)29(2,42)30(31,32)33/h5,7-12,14,16-18,42H,6,13,15H2,1-4H3,(H,36,40)(H2,35,37,41). The number of aromatic nitrogens is 2. The monoisotopic (exact) mass is 582 g/mol. The Kier molecular flexibility index (Phi) is 8.88. The minimum absolute atomic E-state index is 0.129. The van der Waals surface area contributed by atoms with Gasteiger partial charge in [0.05, 0.1) is 5.69 Å². The van der Waals surface area contributed by atoms with Gasteiger partial charge >= 0.3 is 12.2 Å². The van der Waals surface area contributed by atoms with E-state index >= 15 is 0 Å². The number of hydrogen-bond donors (Lipinski definition) is 4. The predicted molar refractivity (Wildman–Crippen MR) is 156 cm³/mol. The van der Waals surface area contributed by atoms with Gasteiger partial charge in [-0.15, -0.1) is 0 Å². The topological polar surface area (TPSA) is 111 Å². The van der Waals surface area contributed by atoms with Gasteiger partial charge in [-0.25, -0.2) is 9.78 Å². The molecule has 0 aliphatic rings. The lowest BCUT2D eigenvalue weighted by molar-refractivity contribution is -0.258. The molecular formula is C30H33F3N6O3. The van der Waals surface area contributed by atoms with Crippen molar-refractivity contribution in [2.75, 3.05) is 37.8 Å². The first-order chi connectivity index (χ1) is 19.8. The van der Waals surface area contributed by atoms with Crippen molar-refractivity contribution in [2.24, 2.45) is 0 Å². The second-order valence-electron chi connectivity index (χ2n) is 10.4. The Bertz CT molecular complexity index is 1580. The Balaban J connectivity index is 1.55. The summed E-state index contributed by atoms with van der Waals surface area (Å²) in [5.41, 5.74) is 0.581. The summed E-state index contributed by atoms with van der Waals surface area (Å²) in [7, 11) is 3.93. The van der Waals surface area contributed by atoms with E-state index in [2.05, 4.69) is 20.9 Å². The molecule has 0 aliphatic heterocycles. The molecule has 42 heavy (non-hydrogen) atoms. The first-order valence-electron chi connectivity index (χ1n) is 13.2. The molecule has 0 bridgehead atoms. The summed E-state index contributed by atoms with van der Waals surface area (Å²) in [6.45, 7) is 3.85. The van der Waals surface area contributed by atoms with E-state index in [0.717, 1.165) is 41.8 Å². The van der Waals surface area contributed by atoms with Gasteiger partial charge in [-0.3, -0.25) is 4.79 Å². The third-order valence-corrected chi connectivity index (χ3v) is 6.96. The minimum Gasteiger partial charge on any atom is -0.376 e. The van der Waals surface area contributed by atoms with Gasteiger partial charge in [0.1, 0.15) is 0 Å².